The average molecular weight is 158 g/mol. The average Bonchev–Trinajstić information content (AvgIpc) is 1.84. The number of nitrogens with zero attached hydrogens (tertiary/aromatic N) is 1. The van der Waals surface area contributed by atoms with Crippen molar-refractivity contribution in [2.24, 2.45) is 0 Å². The molecule has 0 atom stereocenters. The smallest absolute Gasteiger partial charge is 0.219 e. The highest BCUT2D eigenvalue weighted by molar-refractivity contribution is 5.74. The van der Waals surface area contributed by atoms with Crippen molar-refractivity contribution in [3.05, 3.63) is 0 Å². The molecule has 1 aliphatic rings. The number of hydrogen-bond donors (Lipinski definition) is 2. The van der Waals surface area contributed by atoms with Gasteiger partial charge in [0.05, 0.1) is 6.61 Å². The normalized spacial score (nSPS) is 18.2. The lowest BCUT2D eigenvalue weighted by molar-refractivity contribution is -0.133. The number of amides is 1. The van der Waals surface area contributed by atoms with Crippen molar-refractivity contribution in [2.75, 3.05) is 26.2 Å². The molecule has 0 unspecified atom stereocenters. The third kappa shape index (κ3) is 2.17. The van der Waals surface area contributed by atoms with Crippen molar-refractivity contribution >= 4 is 5.91 Å². The summed E-state index contributed by atoms with van der Waals surface area (Å²) in [4.78, 5) is 12.5. The van der Waals surface area contributed by atoms with Crippen molar-refractivity contribution in [1.82, 2.24) is 10.2 Å². The molecule has 1 rings (SSSR count). The first-order valence-electron chi connectivity index (χ1n) is 3.84. The summed E-state index contributed by atoms with van der Waals surface area (Å²) in [6, 6.07) is 0.394. The zero-order valence-corrected chi connectivity index (χ0v) is 6.71. The summed E-state index contributed by atoms with van der Waals surface area (Å²) < 4.78 is 0. The van der Waals surface area contributed by atoms with Gasteiger partial charge in [-0.25, -0.2) is 0 Å². The van der Waals surface area contributed by atoms with Gasteiger partial charge < -0.3 is 15.3 Å². The maximum absolute atomic E-state index is 10.7. The molecule has 0 radical (unpaired) electrons. The molecule has 1 heterocycles. The van der Waals surface area contributed by atoms with Crippen molar-refractivity contribution < 1.29 is 9.90 Å². The molecule has 1 fully saturated rings. The first kappa shape index (κ1) is 8.49. The number of carbonyl (C=O) groups excluding carboxylic acids is 1. The van der Waals surface area contributed by atoms with Crippen LogP contribution in [0.4, 0.5) is 0 Å². The van der Waals surface area contributed by atoms with E-state index < -0.39 is 0 Å². The van der Waals surface area contributed by atoms with Crippen LogP contribution in [0.5, 0.6) is 0 Å². The minimum Gasteiger partial charge on any atom is -0.395 e. The quantitative estimate of drug-likeness (QED) is 0.542. The van der Waals surface area contributed by atoms with E-state index in [0.717, 1.165) is 13.1 Å². The van der Waals surface area contributed by atoms with Crippen LogP contribution in [0.1, 0.15) is 6.92 Å². The Morgan fingerprint density at radius 3 is 2.82 bits per heavy atom. The summed E-state index contributed by atoms with van der Waals surface area (Å²) in [6.45, 7) is 3.93. The van der Waals surface area contributed by atoms with E-state index in [2.05, 4.69) is 5.32 Å². The standard InChI is InChI=1S/C7H14N2O2/c1-6(11)9-4-7(5-9)8-2-3-10/h7-8,10H,2-5H2,1H3. The Bertz CT molecular complexity index is 143. The van der Waals surface area contributed by atoms with Crippen LogP contribution >= 0.6 is 0 Å². The Labute approximate surface area is 66.2 Å². The SMILES string of the molecule is CC(=O)N1CC(NCCO)C1. The maximum atomic E-state index is 10.7. The van der Waals surface area contributed by atoms with Crippen molar-refractivity contribution in [1.29, 1.82) is 0 Å². The molecule has 0 aromatic heterocycles. The second-order valence-corrected chi connectivity index (χ2v) is 2.80. The Hall–Kier alpha value is -0.610. The summed E-state index contributed by atoms with van der Waals surface area (Å²) in [5.41, 5.74) is 0. The molecule has 0 saturated carbocycles. The minimum absolute atomic E-state index is 0.132. The predicted molar refractivity (Wildman–Crippen MR) is 41.1 cm³/mol. The number of hydrogen-bond acceptors (Lipinski definition) is 3. The summed E-state index contributed by atoms with van der Waals surface area (Å²) in [5, 5.41) is 11.6. The molecule has 11 heavy (non-hydrogen) atoms. The van der Waals surface area contributed by atoms with E-state index >= 15 is 0 Å². The topological polar surface area (TPSA) is 52.6 Å². The first-order valence-corrected chi connectivity index (χ1v) is 3.84. The zero-order valence-electron chi connectivity index (χ0n) is 6.71. The highest BCUT2D eigenvalue weighted by Gasteiger charge is 2.27. The fourth-order valence-electron chi connectivity index (χ4n) is 1.13. The van der Waals surface area contributed by atoms with Gasteiger partial charge in [0.15, 0.2) is 0 Å². The van der Waals surface area contributed by atoms with Crippen LogP contribution in [-0.2, 0) is 4.79 Å². The Morgan fingerprint density at radius 1 is 1.73 bits per heavy atom. The van der Waals surface area contributed by atoms with Gasteiger partial charge >= 0.3 is 0 Å². The van der Waals surface area contributed by atoms with Gasteiger partial charge in [0.1, 0.15) is 0 Å². The van der Waals surface area contributed by atoms with Crippen LogP contribution in [0.15, 0.2) is 0 Å². The summed E-state index contributed by atoms with van der Waals surface area (Å²) >= 11 is 0. The Kier molecular flexibility index (Phi) is 2.84. The number of nitrogens with one attached hydrogen (secondary N) is 1. The molecular formula is C7H14N2O2. The van der Waals surface area contributed by atoms with Crippen molar-refractivity contribution in [3.63, 3.8) is 0 Å². The van der Waals surface area contributed by atoms with E-state index in [-0.39, 0.29) is 12.5 Å². The largest absolute Gasteiger partial charge is 0.395 e. The molecule has 0 aliphatic carbocycles. The molecule has 0 bridgehead atoms. The van der Waals surface area contributed by atoms with Crippen LogP contribution in [0.2, 0.25) is 0 Å². The first-order chi connectivity index (χ1) is 5.24. The lowest BCUT2D eigenvalue weighted by Crippen LogP contribution is -2.59. The van der Waals surface area contributed by atoms with Crippen molar-refractivity contribution in [3.8, 4) is 0 Å². The fraction of sp³-hybridized carbons (Fsp3) is 0.857. The van der Waals surface area contributed by atoms with Crippen LogP contribution in [-0.4, -0.2) is 48.2 Å². The number of aliphatic hydroxyl groups is 1. The summed E-state index contributed by atoms with van der Waals surface area (Å²) in [5.74, 6) is 0.132. The molecule has 4 heteroatoms. The van der Waals surface area contributed by atoms with Gasteiger partial charge in [-0.2, -0.15) is 0 Å². The van der Waals surface area contributed by atoms with Crippen molar-refractivity contribution in [2.45, 2.75) is 13.0 Å². The zero-order chi connectivity index (χ0) is 8.27. The number of carbonyl (C=O) groups is 1. The molecule has 4 nitrogen and oxygen atoms in total. The number of likely N-dealkylation sites (tertiary alicyclic amines) is 1. The second kappa shape index (κ2) is 3.69. The van der Waals surface area contributed by atoms with E-state index in [1.54, 1.807) is 11.8 Å². The molecule has 1 aliphatic heterocycles. The monoisotopic (exact) mass is 158 g/mol. The molecule has 2 N–H and O–H groups in total. The Morgan fingerprint density at radius 2 is 2.36 bits per heavy atom. The van der Waals surface area contributed by atoms with Crippen LogP contribution < -0.4 is 5.32 Å². The molecule has 0 aromatic carbocycles. The van der Waals surface area contributed by atoms with Gasteiger partial charge in [-0.1, -0.05) is 0 Å². The summed E-state index contributed by atoms with van der Waals surface area (Å²) in [7, 11) is 0. The highest BCUT2D eigenvalue weighted by atomic mass is 16.3. The molecule has 0 aromatic rings. The molecule has 1 amide bonds. The molecule has 0 spiro atoms. The highest BCUT2D eigenvalue weighted by Crippen LogP contribution is 2.06. The maximum Gasteiger partial charge on any atom is 0.219 e. The molecular weight excluding hydrogens is 144 g/mol. The van der Waals surface area contributed by atoms with Gasteiger partial charge in [0.25, 0.3) is 0 Å². The Balaban J connectivity index is 2.05. The summed E-state index contributed by atoms with van der Waals surface area (Å²) in [6.07, 6.45) is 0. The predicted octanol–water partition coefficient (Wildman–Crippen LogP) is -1.20. The fourth-order valence-corrected chi connectivity index (χ4v) is 1.13. The van der Waals surface area contributed by atoms with E-state index in [0.29, 0.717) is 12.6 Å². The van der Waals surface area contributed by atoms with E-state index in [4.69, 9.17) is 5.11 Å². The van der Waals surface area contributed by atoms with Crippen LogP contribution in [0, 0.1) is 0 Å². The number of aliphatic hydroxyl groups excluding tert-OH is 1. The van der Waals surface area contributed by atoms with E-state index in [1.807, 2.05) is 0 Å². The van der Waals surface area contributed by atoms with Gasteiger partial charge in [0, 0.05) is 32.6 Å². The lowest BCUT2D eigenvalue weighted by atomic mass is 10.1. The van der Waals surface area contributed by atoms with Gasteiger partial charge in [-0.05, 0) is 0 Å². The number of rotatable bonds is 3. The second-order valence-electron chi connectivity index (χ2n) is 2.80. The van der Waals surface area contributed by atoms with Crippen LogP contribution in [0.25, 0.3) is 0 Å². The van der Waals surface area contributed by atoms with Gasteiger partial charge in [0.2, 0.25) is 5.91 Å². The third-order valence-electron chi connectivity index (χ3n) is 1.87. The van der Waals surface area contributed by atoms with Crippen LogP contribution in [0.3, 0.4) is 0 Å². The lowest BCUT2D eigenvalue weighted by Gasteiger charge is -2.39. The minimum atomic E-state index is 0.132. The molecule has 64 valence electrons. The van der Waals surface area contributed by atoms with Gasteiger partial charge in [-0.3, -0.25) is 4.79 Å². The van der Waals surface area contributed by atoms with Gasteiger partial charge in [-0.15, -0.1) is 0 Å². The van der Waals surface area contributed by atoms with E-state index in [1.165, 1.54) is 0 Å². The molecule has 1 saturated heterocycles. The third-order valence-corrected chi connectivity index (χ3v) is 1.87. The van der Waals surface area contributed by atoms with E-state index in [9.17, 15) is 4.79 Å².